The summed E-state index contributed by atoms with van der Waals surface area (Å²) in [4.78, 5) is 44.1. The lowest BCUT2D eigenvalue weighted by Crippen LogP contribution is -2.41. The minimum atomic E-state index is -0.444. The second kappa shape index (κ2) is 10.9. The fourth-order valence-electron chi connectivity index (χ4n) is 4.38. The number of aromatic nitrogens is 1. The van der Waals surface area contributed by atoms with Gasteiger partial charge in [-0.15, -0.1) is 11.8 Å². The van der Waals surface area contributed by atoms with Crippen molar-refractivity contribution in [1.82, 2.24) is 15.2 Å². The summed E-state index contributed by atoms with van der Waals surface area (Å²) >= 11 is 9.29. The smallest absolute Gasteiger partial charge is 0.409 e. The Morgan fingerprint density at radius 2 is 2.09 bits per heavy atom. The number of rotatable bonds is 6. The first-order chi connectivity index (χ1) is 16.8. The predicted molar refractivity (Wildman–Crippen MR) is 136 cm³/mol. The molecule has 1 saturated heterocycles. The maximum atomic E-state index is 13.3. The average molecular weight is 540 g/mol. The molecule has 1 fully saturated rings. The normalized spacial score (nSPS) is 18.5. The number of likely N-dealkylation sites (tertiary alicyclic amines) is 1. The summed E-state index contributed by atoms with van der Waals surface area (Å²) in [5.74, 6) is 0.791. The molecule has 1 aromatic carbocycles. The van der Waals surface area contributed by atoms with Crippen molar-refractivity contribution in [2.24, 2.45) is 0 Å². The number of hydrogen-bond acceptors (Lipinski definition) is 8. The van der Waals surface area contributed by atoms with Gasteiger partial charge in [-0.25, -0.2) is 19.4 Å². The van der Waals surface area contributed by atoms with E-state index in [1.807, 2.05) is 12.1 Å². The molecule has 1 unspecified atom stereocenters. The van der Waals surface area contributed by atoms with Crippen LogP contribution in [0.25, 0.3) is 0 Å². The Morgan fingerprint density at radius 3 is 2.86 bits per heavy atom. The Balaban J connectivity index is 1.39. The van der Waals surface area contributed by atoms with Crippen molar-refractivity contribution in [2.45, 2.75) is 22.5 Å². The van der Waals surface area contributed by atoms with Crippen molar-refractivity contribution >= 4 is 63.7 Å². The van der Waals surface area contributed by atoms with Crippen molar-refractivity contribution in [3.05, 3.63) is 35.0 Å². The molecule has 4 rings (SSSR count). The molecule has 0 aliphatic carbocycles. The number of thioether (sulfide) groups is 1. The molecule has 188 valence electrons. The van der Waals surface area contributed by atoms with E-state index >= 15 is 0 Å². The number of nitrogens with one attached hydrogen (secondary N) is 2. The number of methoxy groups -OCH3 is 2. The number of thiazole rings is 1. The topological polar surface area (TPSA) is 113 Å². The molecule has 0 saturated carbocycles. The number of amides is 4. The Kier molecular flexibility index (Phi) is 7.92. The summed E-state index contributed by atoms with van der Waals surface area (Å²) in [6.07, 6.45) is 2.39. The van der Waals surface area contributed by atoms with Gasteiger partial charge in [0.15, 0.2) is 5.13 Å². The Bertz CT molecular complexity index is 1120. The number of nitrogens with zero attached hydrogens (tertiary/aromatic N) is 3. The van der Waals surface area contributed by atoms with Crippen LogP contribution in [0, 0.1) is 0 Å². The number of fused-ring (bicyclic) bond motifs is 2. The van der Waals surface area contributed by atoms with E-state index in [0.717, 1.165) is 27.6 Å². The average Bonchev–Trinajstić information content (AvgIpc) is 3.56. The van der Waals surface area contributed by atoms with Crippen LogP contribution in [0.4, 0.5) is 25.2 Å². The fraction of sp³-hybridized carbons (Fsp3) is 0.455. The zero-order valence-corrected chi connectivity index (χ0v) is 21.7. The number of carbonyl (C=O) groups is 3. The van der Waals surface area contributed by atoms with Crippen molar-refractivity contribution in [1.29, 1.82) is 0 Å². The number of carbonyl (C=O) groups excluding carboxylic acids is 3. The van der Waals surface area contributed by atoms with E-state index in [1.165, 1.54) is 25.6 Å². The molecule has 13 heteroatoms. The van der Waals surface area contributed by atoms with Crippen LogP contribution in [-0.2, 0) is 14.9 Å². The van der Waals surface area contributed by atoms with E-state index in [2.05, 4.69) is 20.4 Å². The lowest BCUT2D eigenvalue weighted by molar-refractivity contribution is 0.131. The van der Waals surface area contributed by atoms with E-state index in [4.69, 9.17) is 16.3 Å². The van der Waals surface area contributed by atoms with Crippen LogP contribution in [-0.4, -0.2) is 74.3 Å². The summed E-state index contributed by atoms with van der Waals surface area (Å²) in [6.45, 7) is 1.97. The van der Waals surface area contributed by atoms with Crippen LogP contribution in [0.3, 0.4) is 0 Å². The molecule has 3 heterocycles. The van der Waals surface area contributed by atoms with E-state index in [1.54, 1.807) is 33.8 Å². The highest BCUT2D eigenvalue weighted by molar-refractivity contribution is 8.01. The van der Waals surface area contributed by atoms with Gasteiger partial charge in [0, 0.05) is 48.1 Å². The molecule has 1 spiro atoms. The van der Waals surface area contributed by atoms with Crippen LogP contribution in [0.15, 0.2) is 28.6 Å². The van der Waals surface area contributed by atoms with Crippen molar-refractivity contribution in [2.75, 3.05) is 56.4 Å². The Labute approximate surface area is 216 Å². The molecule has 1 aromatic heterocycles. The molecule has 35 heavy (non-hydrogen) atoms. The lowest BCUT2D eigenvalue weighted by atomic mass is 9.81. The number of benzene rings is 1. The summed E-state index contributed by atoms with van der Waals surface area (Å²) < 4.78 is 10.4. The molecule has 0 radical (unpaired) electrons. The van der Waals surface area contributed by atoms with Gasteiger partial charge in [-0.1, -0.05) is 22.9 Å². The van der Waals surface area contributed by atoms with Gasteiger partial charge in [-0.05, 0) is 36.6 Å². The largest absolute Gasteiger partial charge is 0.453 e. The third-order valence-electron chi connectivity index (χ3n) is 6.03. The number of alkyl carbamates (subject to hydrolysis) is 1. The molecule has 2 N–H and O–H groups in total. The van der Waals surface area contributed by atoms with Gasteiger partial charge in [0.05, 0.1) is 24.6 Å². The maximum Gasteiger partial charge on any atom is 0.409 e. The van der Waals surface area contributed by atoms with Crippen molar-refractivity contribution < 1.29 is 23.9 Å². The third-order valence-corrected chi connectivity index (χ3v) is 8.46. The highest BCUT2D eigenvalue weighted by Crippen LogP contribution is 2.47. The molecule has 4 amide bonds. The summed E-state index contributed by atoms with van der Waals surface area (Å²) in [6, 6.07) is 5.21. The number of halogens is 1. The van der Waals surface area contributed by atoms with Gasteiger partial charge >= 0.3 is 18.2 Å². The minimum Gasteiger partial charge on any atom is -0.453 e. The molecular weight excluding hydrogens is 514 g/mol. The Morgan fingerprint density at radius 1 is 1.26 bits per heavy atom. The van der Waals surface area contributed by atoms with Crippen LogP contribution in [0.2, 0.25) is 5.02 Å². The van der Waals surface area contributed by atoms with Crippen LogP contribution < -0.4 is 15.5 Å². The van der Waals surface area contributed by atoms with Gasteiger partial charge in [-0.2, -0.15) is 0 Å². The van der Waals surface area contributed by atoms with Crippen LogP contribution in [0.1, 0.15) is 18.4 Å². The highest BCUT2D eigenvalue weighted by Gasteiger charge is 2.50. The molecular formula is C22H26ClN5O5S2. The van der Waals surface area contributed by atoms with Gasteiger partial charge in [0.25, 0.3) is 0 Å². The standard InChI is InChI=1S/C22H26ClN5O5S2/c1-32-20(30)24-7-3-9-34-17-11-25-18(35-17)26-19(29)28-13-22(6-8-27(12-22)21(31)33-2)15-10-14(23)4-5-16(15)28/h4-5,10-11H,3,6-9,12-13H2,1-2H3,(H,24,30)(H,25,26,29). The molecule has 0 bridgehead atoms. The predicted octanol–water partition coefficient (Wildman–Crippen LogP) is 4.40. The SMILES string of the molecule is COC(=O)NCCCSc1cnc(NC(=O)N2CC3(CCN(C(=O)OC)C3)c3cc(Cl)ccc32)s1. The number of anilines is 2. The molecule has 2 aromatic rings. The van der Waals surface area contributed by atoms with Crippen LogP contribution in [0.5, 0.6) is 0 Å². The fourth-order valence-corrected chi connectivity index (χ4v) is 6.43. The molecule has 10 nitrogen and oxygen atoms in total. The highest BCUT2D eigenvalue weighted by atomic mass is 35.5. The van der Waals surface area contributed by atoms with E-state index < -0.39 is 11.5 Å². The van der Waals surface area contributed by atoms with Gasteiger partial charge in [-0.3, -0.25) is 10.2 Å². The maximum absolute atomic E-state index is 13.3. The number of urea groups is 1. The number of hydrogen-bond donors (Lipinski definition) is 2. The summed E-state index contributed by atoms with van der Waals surface area (Å²) in [5, 5.41) is 6.64. The van der Waals surface area contributed by atoms with Gasteiger partial charge < -0.3 is 19.7 Å². The zero-order chi connectivity index (χ0) is 25.0. The first-order valence-corrected chi connectivity index (χ1v) is 13.1. The minimum absolute atomic E-state index is 0.282. The lowest BCUT2D eigenvalue weighted by Gasteiger charge is -2.25. The van der Waals surface area contributed by atoms with Gasteiger partial charge in [0.2, 0.25) is 0 Å². The molecule has 1 atom stereocenters. The number of ether oxygens (including phenoxy) is 2. The quantitative estimate of drug-likeness (QED) is 0.413. The summed E-state index contributed by atoms with van der Waals surface area (Å²) in [7, 11) is 2.70. The zero-order valence-electron chi connectivity index (χ0n) is 19.3. The summed E-state index contributed by atoms with van der Waals surface area (Å²) in [5.41, 5.74) is 1.35. The molecule has 2 aliphatic heterocycles. The second-order valence-corrected chi connectivity index (χ2v) is 11.1. The van der Waals surface area contributed by atoms with E-state index in [9.17, 15) is 14.4 Å². The second-order valence-electron chi connectivity index (χ2n) is 8.20. The first kappa shape index (κ1) is 25.4. The first-order valence-electron chi connectivity index (χ1n) is 11.0. The van der Waals surface area contributed by atoms with Crippen molar-refractivity contribution in [3.63, 3.8) is 0 Å². The van der Waals surface area contributed by atoms with Crippen molar-refractivity contribution in [3.8, 4) is 0 Å². The van der Waals surface area contributed by atoms with E-state index in [-0.39, 0.29) is 12.1 Å². The molecule has 2 aliphatic rings. The monoisotopic (exact) mass is 539 g/mol. The van der Waals surface area contributed by atoms with E-state index in [0.29, 0.717) is 42.8 Å². The Hall–Kier alpha value is -2.70. The van der Waals surface area contributed by atoms with Gasteiger partial charge in [0.1, 0.15) is 0 Å². The van der Waals surface area contributed by atoms with Crippen LogP contribution >= 0.6 is 34.7 Å². The third kappa shape index (κ3) is 5.60.